The van der Waals surface area contributed by atoms with Crippen molar-refractivity contribution in [1.29, 1.82) is 0 Å². The SMILES string of the molecule is CCc1oc2ccccc2c1CN(C)C(=O)c1ccc(N2CCC(C)=N2)cc1. The normalized spacial score (nSPS) is 13.8. The maximum absolute atomic E-state index is 12.9. The van der Waals surface area contributed by atoms with Crippen molar-refractivity contribution in [3.8, 4) is 0 Å². The van der Waals surface area contributed by atoms with Gasteiger partial charge in [-0.15, -0.1) is 0 Å². The summed E-state index contributed by atoms with van der Waals surface area (Å²) in [7, 11) is 1.84. The van der Waals surface area contributed by atoms with E-state index in [1.165, 1.54) is 0 Å². The van der Waals surface area contributed by atoms with Crippen LogP contribution in [0, 0.1) is 0 Å². The van der Waals surface area contributed by atoms with Crippen LogP contribution in [0.5, 0.6) is 0 Å². The minimum absolute atomic E-state index is 0.0000112. The first-order valence-corrected chi connectivity index (χ1v) is 9.73. The van der Waals surface area contributed by atoms with Crippen molar-refractivity contribution in [3.05, 3.63) is 65.4 Å². The van der Waals surface area contributed by atoms with Crippen LogP contribution in [0.15, 0.2) is 58.0 Å². The number of amides is 1. The molecule has 0 N–H and O–H groups in total. The molecule has 0 fully saturated rings. The van der Waals surface area contributed by atoms with Gasteiger partial charge < -0.3 is 9.32 Å². The highest BCUT2D eigenvalue weighted by Gasteiger charge is 2.19. The molecule has 28 heavy (non-hydrogen) atoms. The van der Waals surface area contributed by atoms with E-state index in [4.69, 9.17) is 4.42 Å². The molecule has 1 aliphatic heterocycles. The van der Waals surface area contributed by atoms with Gasteiger partial charge in [0.05, 0.1) is 5.69 Å². The van der Waals surface area contributed by atoms with Crippen LogP contribution < -0.4 is 5.01 Å². The Morgan fingerprint density at radius 2 is 1.93 bits per heavy atom. The third-order valence-electron chi connectivity index (χ3n) is 5.23. The number of hydrazone groups is 1. The second-order valence-electron chi connectivity index (χ2n) is 7.27. The zero-order valence-corrected chi connectivity index (χ0v) is 16.6. The van der Waals surface area contributed by atoms with E-state index in [9.17, 15) is 4.79 Å². The molecule has 1 amide bonds. The highest BCUT2D eigenvalue weighted by atomic mass is 16.3. The molecule has 3 aromatic rings. The lowest BCUT2D eigenvalue weighted by molar-refractivity contribution is 0.0785. The van der Waals surface area contributed by atoms with E-state index in [-0.39, 0.29) is 5.91 Å². The molecule has 4 rings (SSSR count). The Morgan fingerprint density at radius 1 is 1.18 bits per heavy atom. The molecule has 0 spiro atoms. The lowest BCUT2D eigenvalue weighted by Gasteiger charge is -2.18. The number of anilines is 1. The van der Waals surface area contributed by atoms with E-state index in [2.05, 4.69) is 18.1 Å². The van der Waals surface area contributed by atoms with Gasteiger partial charge in [0.15, 0.2) is 0 Å². The van der Waals surface area contributed by atoms with Crippen molar-refractivity contribution in [2.24, 2.45) is 5.10 Å². The highest BCUT2D eigenvalue weighted by molar-refractivity contribution is 5.95. The number of nitrogens with zero attached hydrogens (tertiary/aromatic N) is 3. The van der Waals surface area contributed by atoms with Gasteiger partial charge in [-0.3, -0.25) is 9.80 Å². The molecule has 5 heteroatoms. The first-order chi connectivity index (χ1) is 13.6. The zero-order valence-electron chi connectivity index (χ0n) is 16.6. The van der Waals surface area contributed by atoms with Gasteiger partial charge in [0.2, 0.25) is 0 Å². The standard InChI is InChI=1S/C23H25N3O2/c1-4-21-20(19-7-5-6-8-22(19)28-21)15-25(3)23(27)17-9-11-18(12-10-17)26-14-13-16(2)24-26/h5-12H,4,13-15H2,1-3H3. The second kappa shape index (κ2) is 7.50. The fourth-order valence-electron chi connectivity index (χ4n) is 3.67. The Morgan fingerprint density at radius 3 is 2.61 bits per heavy atom. The number of aryl methyl sites for hydroxylation is 1. The number of furan rings is 1. The molecule has 0 bridgehead atoms. The quantitative estimate of drug-likeness (QED) is 0.640. The van der Waals surface area contributed by atoms with Gasteiger partial charge in [0.25, 0.3) is 5.91 Å². The van der Waals surface area contributed by atoms with Crippen LogP contribution >= 0.6 is 0 Å². The molecule has 2 aromatic carbocycles. The van der Waals surface area contributed by atoms with Crippen LogP contribution in [0.2, 0.25) is 0 Å². The van der Waals surface area contributed by atoms with Gasteiger partial charge in [0, 0.05) is 55.2 Å². The minimum atomic E-state index is -0.0000112. The summed E-state index contributed by atoms with van der Waals surface area (Å²) in [6, 6.07) is 15.7. The summed E-state index contributed by atoms with van der Waals surface area (Å²) in [5.74, 6) is 0.943. The molecule has 5 nitrogen and oxygen atoms in total. The number of hydrogen-bond donors (Lipinski definition) is 0. The summed E-state index contributed by atoms with van der Waals surface area (Å²) in [6.45, 7) is 5.53. The van der Waals surface area contributed by atoms with Gasteiger partial charge in [-0.25, -0.2) is 0 Å². The summed E-state index contributed by atoms with van der Waals surface area (Å²) >= 11 is 0. The third-order valence-corrected chi connectivity index (χ3v) is 5.23. The van der Waals surface area contributed by atoms with Gasteiger partial charge in [-0.05, 0) is 37.3 Å². The molecule has 0 atom stereocenters. The van der Waals surface area contributed by atoms with Gasteiger partial charge >= 0.3 is 0 Å². The molecule has 0 saturated heterocycles. The molecule has 1 aromatic heterocycles. The summed E-state index contributed by atoms with van der Waals surface area (Å²) in [6.07, 6.45) is 1.79. The van der Waals surface area contributed by atoms with E-state index in [0.29, 0.717) is 12.1 Å². The molecule has 0 radical (unpaired) electrons. The van der Waals surface area contributed by atoms with Gasteiger partial charge in [-0.1, -0.05) is 25.1 Å². The topological polar surface area (TPSA) is 49.1 Å². The number of para-hydroxylation sites is 1. The Kier molecular flexibility index (Phi) is 4.90. The van der Waals surface area contributed by atoms with Crippen molar-refractivity contribution < 1.29 is 9.21 Å². The number of rotatable bonds is 5. The Bertz CT molecular complexity index is 1030. The number of carbonyl (C=O) groups excluding carboxylic acids is 1. The van der Waals surface area contributed by atoms with Gasteiger partial charge in [-0.2, -0.15) is 5.10 Å². The van der Waals surface area contributed by atoms with Crippen LogP contribution in [-0.2, 0) is 13.0 Å². The fraction of sp³-hybridized carbons (Fsp3) is 0.304. The lowest BCUT2D eigenvalue weighted by Crippen LogP contribution is -2.26. The fourth-order valence-corrected chi connectivity index (χ4v) is 3.67. The molecule has 2 heterocycles. The lowest BCUT2D eigenvalue weighted by atomic mass is 10.1. The van der Waals surface area contributed by atoms with Crippen molar-refractivity contribution in [3.63, 3.8) is 0 Å². The Labute approximate surface area is 165 Å². The molecule has 1 aliphatic rings. The number of benzene rings is 2. The summed E-state index contributed by atoms with van der Waals surface area (Å²) in [4.78, 5) is 14.7. The van der Waals surface area contributed by atoms with Crippen molar-refractivity contribution in [1.82, 2.24) is 4.90 Å². The first-order valence-electron chi connectivity index (χ1n) is 9.73. The van der Waals surface area contributed by atoms with Crippen LogP contribution in [0.4, 0.5) is 5.69 Å². The maximum Gasteiger partial charge on any atom is 0.253 e. The van der Waals surface area contributed by atoms with E-state index >= 15 is 0 Å². The average molecular weight is 375 g/mol. The monoisotopic (exact) mass is 375 g/mol. The number of fused-ring (bicyclic) bond motifs is 1. The van der Waals surface area contributed by atoms with E-state index < -0.39 is 0 Å². The summed E-state index contributed by atoms with van der Waals surface area (Å²) < 4.78 is 5.96. The highest BCUT2D eigenvalue weighted by Crippen LogP contribution is 2.28. The maximum atomic E-state index is 12.9. The predicted molar refractivity (Wildman–Crippen MR) is 113 cm³/mol. The predicted octanol–water partition coefficient (Wildman–Crippen LogP) is 4.85. The molecule has 0 aliphatic carbocycles. The smallest absolute Gasteiger partial charge is 0.253 e. The Balaban J connectivity index is 1.52. The van der Waals surface area contributed by atoms with Crippen LogP contribution in [0.1, 0.15) is 41.9 Å². The van der Waals surface area contributed by atoms with E-state index in [1.54, 1.807) is 4.90 Å². The van der Waals surface area contributed by atoms with Crippen LogP contribution in [0.25, 0.3) is 11.0 Å². The summed E-state index contributed by atoms with van der Waals surface area (Å²) in [5.41, 5.74) is 4.80. The first kappa shape index (κ1) is 18.3. The molecule has 0 saturated carbocycles. The van der Waals surface area contributed by atoms with Crippen LogP contribution in [-0.4, -0.2) is 30.1 Å². The molecular weight excluding hydrogens is 350 g/mol. The summed E-state index contributed by atoms with van der Waals surface area (Å²) in [5, 5.41) is 7.58. The molecular formula is C23H25N3O2. The van der Waals surface area contributed by atoms with Crippen molar-refractivity contribution in [2.75, 3.05) is 18.6 Å². The molecule has 144 valence electrons. The third kappa shape index (κ3) is 3.40. The average Bonchev–Trinajstić information content (AvgIpc) is 3.31. The second-order valence-corrected chi connectivity index (χ2v) is 7.27. The van der Waals surface area contributed by atoms with Crippen LogP contribution in [0.3, 0.4) is 0 Å². The minimum Gasteiger partial charge on any atom is -0.461 e. The number of hydrogen-bond acceptors (Lipinski definition) is 4. The largest absolute Gasteiger partial charge is 0.461 e. The number of carbonyl (C=O) groups is 1. The van der Waals surface area contributed by atoms with Crippen molar-refractivity contribution >= 4 is 28.3 Å². The Hall–Kier alpha value is -3.08. The van der Waals surface area contributed by atoms with Crippen molar-refractivity contribution in [2.45, 2.75) is 33.2 Å². The molecule has 0 unspecified atom stereocenters. The van der Waals surface area contributed by atoms with Gasteiger partial charge in [0.1, 0.15) is 11.3 Å². The van der Waals surface area contributed by atoms with E-state index in [0.717, 1.165) is 53.1 Å². The van der Waals surface area contributed by atoms with E-state index in [1.807, 2.05) is 61.4 Å². The zero-order chi connectivity index (χ0) is 19.7.